The minimum absolute atomic E-state index is 0.101. The van der Waals surface area contributed by atoms with Crippen LogP contribution in [0.3, 0.4) is 0 Å². The Bertz CT molecular complexity index is 1370. The minimum atomic E-state index is -0.313. The zero-order chi connectivity index (χ0) is 24.2. The smallest absolute Gasteiger partial charge is 0.262 e. The molecule has 0 saturated heterocycles. The first-order valence-corrected chi connectivity index (χ1v) is 11.9. The van der Waals surface area contributed by atoms with Gasteiger partial charge in [-0.05, 0) is 43.2 Å². The Labute approximate surface area is 200 Å². The maximum absolute atomic E-state index is 13.2. The van der Waals surface area contributed by atoms with E-state index in [1.54, 1.807) is 41.8 Å². The van der Waals surface area contributed by atoms with Crippen molar-refractivity contribution in [3.8, 4) is 0 Å². The molecule has 0 bridgehead atoms. The quantitative estimate of drug-likeness (QED) is 0.268. The van der Waals surface area contributed by atoms with Crippen LogP contribution in [0.15, 0.2) is 58.5 Å². The molecule has 0 aliphatic rings. The van der Waals surface area contributed by atoms with Gasteiger partial charge in [-0.2, -0.15) is 0 Å². The number of aromatic nitrogens is 4. The number of methoxy groups -OCH3 is 1. The summed E-state index contributed by atoms with van der Waals surface area (Å²) in [6, 6.07) is 13.2. The van der Waals surface area contributed by atoms with Gasteiger partial charge < -0.3 is 9.64 Å². The Kier molecular flexibility index (Phi) is 7.28. The summed E-state index contributed by atoms with van der Waals surface area (Å²) >= 11 is 1.26. The number of carbonyl (C=O) groups excluding carboxylic acids is 1. The number of rotatable bonds is 9. The Morgan fingerprint density at radius 3 is 2.65 bits per heavy atom. The summed E-state index contributed by atoms with van der Waals surface area (Å²) in [4.78, 5) is 27.6. The molecule has 0 aliphatic carbocycles. The van der Waals surface area contributed by atoms with Crippen LogP contribution in [0.1, 0.15) is 24.9 Å². The van der Waals surface area contributed by atoms with Crippen LogP contribution in [-0.4, -0.2) is 56.5 Å². The van der Waals surface area contributed by atoms with Crippen molar-refractivity contribution in [2.45, 2.75) is 31.1 Å². The molecule has 0 aliphatic heterocycles. The first kappa shape index (κ1) is 23.9. The molecule has 34 heavy (non-hydrogen) atoms. The number of carbonyl (C=O) groups is 1. The molecule has 1 atom stereocenters. The van der Waals surface area contributed by atoms with Gasteiger partial charge in [-0.25, -0.2) is 4.39 Å². The number of amides is 1. The van der Waals surface area contributed by atoms with Gasteiger partial charge in [0.25, 0.3) is 5.56 Å². The zero-order valence-electron chi connectivity index (χ0n) is 19.3. The lowest BCUT2D eigenvalue weighted by Gasteiger charge is -2.25. The first-order valence-electron chi connectivity index (χ1n) is 10.9. The van der Waals surface area contributed by atoms with Crippen molar-refractivity contribution in [2.24, 2.45) is 0 Å². The number of ether oxygens (including phenoxy) is 1. The second-order valence-electron chi connectivity index (χ2n) is 7.96. The third-order valence-electron chi connectivity index (χ3n) is 5.86. The molecule has 2 aromatic heterocycles. The fourth-order valence-corrected chi connectivity index (χ4v) is 4.67. The lowest BCUT2D eigenvalue weighted by atomic mass is 10.1. The van der Waals surface area contributed by atoms with E-state index in [1.807, 2.05) is 29.5 Å². The van der Waals surface area contributed by atoms with Crippen molar-refractivity contribution < 1.29 is 13.9 Å². The van der Waals surface area contributed by atoms with E-state index in [4.69, 9.17) is 4.74 Å². The van der Waals surface area contributed by atoms with E-state index in [-0.39, 0.29) is 29.1 Å². The number of benzene rings is 2. The number of thioether (sulfide) groups is 1. The van der Waals surface area contributed by atoms with Crippen LogP contribution in [0.2, 0.25) is 0 Å². The van der Waals surface area contributed by atoms with E-state index < -0.39 is 0 Å². The van der Waals surface area contributed by atoms with Crippen molar-refractivity contribution in [1.29, 1.82) is 0 Å². The summed E-state index contributed by atoms with van der Waals surface area (Å²) in [5.74, 6) is 0.158. The van der Waals surface area contributed by atoms with Crippen LogP contribution in [-0.2, 0) is 16.1 Å². The van der Waals surface area contributed by atoms with Crippen LogP contribution in [0.4, 0.5) is 4.39 Å². The molecule has 1 unspecified atom stereocenters. The van der Waals surface area contributed by atoms with Crippen LogP contribution >= 0.6 is 11.8 Å². The van der Waals surface area contributed by atoms with E-state index in [0.29, 0.717) is 41.4 Å². The Hall–Kier alpha value is -3.24. The molecular formula is C24H26FN5O3S. The summed E-state index contributed by atoms with van der Waals surface area (Å²) in [6.45, 7) is 2.86. The average molecular weight is 484 g/mol. The van der Waals surface area contributed by atoms with Gasteiger partial charge in [0, 0.05) is 27.3 Å². The monoisotopic (exact) mass is 483 g/mol. The molecule has 1 amide bonds. The molecule has 4 aromatic rings. The zero-order valence-corrected chi connectivity index (χ0v) is 20.1. The van der Waals surface area contributed by atoms with Gasteiger partial charge in [-0.15, -0.1) is 10.2 Å². The van der Waals surface area contributed by atoms with Crippen molar-refractivity contribution in [1.82, 2.24) is 24.1 Å². The first-order chi connectivity index (χ1) is 16.4. The van der Waals surface area contributed by atoms with Gasteiger partial charge in [-0.3, -0.25) is 18.6 Å². The van der Waals surface area contributed by atoms with Gasteiger partial charge in [0.05, 0.1) is 22.7 Å². The molecule has 0 saturated carbocycles. The average Bonchev–Trinajstić information content (AvgIpc) is 3.28. The van der Waals surface area contributed by atoms with Crippen LogP contribution in [0, 0.1) is 5.82 Å². The summed E-state index contributed by atoms with van der Waals surface area (Å²) in [6.07, 6.45) is 0.657. The van der Waals surface area contributed by atoms with Crippen molar-refractivity contribution in [3.05, 3.63) is 70.3 Å². The highest BCUT2D eigenvalue weighted by molar-refractivity contribution is 7.99. The van der Waals surface area contributed by atoms with Crippen LogP contribution in [0.25, 0.3) is 16.7 Å². The molecule has 10 heteroatoms. The summed E-state index contributed by atoms with van der Waals surface area (Å²) in [5, 5.41) is 9.66. The van der Waals surface area contributed by atoms with Gasteiger partial charge >= 0.3 is 0 Å². The maximum atomic E-state index is 13.2. The highest BCUT2D eigenvalue weighted by atomic mass is 32.2. The highest BCUT2D eigenvalue weighted by Crippen LogP contribution is 2.24. The largest absolute Gasteiger partial charge is 0.385 e. The number of nitrogens with zero attached hydrogens (tertiary/aromatic N) is 5. The van der Waals surface area contributed by atoms with E-state index in [1.165, 1.54) is 23.9 Å². The molecular weight excluding hydrogens is 457 g/mol. The number of hydrogen-bond acceptors (Lipinski definition) is 6. The SMILES string of the molecule is COCCCn1c(=O)c2ccccc2n2c(SCC(=O)N(C)C(C)c3ccc(F)cc3)nnc12. The maximum Gasteiger partial charge on any atom is 0.262 e. The second-order valence-corrected chi connectivity index (χ2v) is 8.90. The predicted molar refractivity (Wildman–Crippen MR) is 130 cm³/mol. The molecule has 4 rings (SSSR count). The van der Waals surface area contributed by atoms with Crippen LogP contribution in [0.5, 0.6) is 0 Å². The van der Waals surface area contributed by atoms with Gasteiger partial charge in [0.1, 0.15) is 5.82 Å². The summed E-state index contributed by atoms with van der Waals surface area (Å²) < 4.78 is 21.8. The molecule has 0 radical (unpaired) electrons. The third-order valence-corrected chi connectivity index (χ3v) is 6.77. The molecule has 0 spiro atoms. The van der Waals surface area contributed by atoms with Crippen molar-refractivity contribution in [2.75, 3.05) is 26.5 Å². The van der Waals surface area contributed by atoms with Gasteiger partial charge in [0.2, 0.25) is 11.7 Å². The molecule has 0 N–H and O–H groups in total. The van der Waals surface area contributed by atoms with Crippen LogP contribution < -0.4 is 5.56 Å². The lowest BCUT2D eigenvalue weighted by Crippen LogP contribution is -2.31. The van der Waals surface area contributed by atoms with Crippen molar-refractivity contribution >= 4 is 34.3 Å². The third kappa shape index (κ3) is 4.69. The Morgan fingerprint density at radius 1 is 1.18 bits per heavy atom. The van der Waals surface area contributed by atoms with Gasteiger partial charge in [0.15, 0.2) is 5.16 Å². The number of para-hydroxylation sites is 1. The molecule has 8 nitrogen and oxygen atoms in total. The predicted octanol–water partition coefficient (Wildman–Crippen LogP) is 3.53. The Balaban J connectivity index is 1.60. The van der Waals surface area contributed by atoms with Crippen molar-refractivity contribution in [3.63, 3.8) is 0 Å². The Morgan fingerprint density at radius 2 is 1.91 bits per heavy atom. The standard InChI is InChI=1S/C24H26FN5O3S/c1-16(17-9-11-18(25)12-10-17)28(2)21(31)15-34-24-27-26-23-29(13-6-14-33-3)22(32)19-7-4-5-8-20(19)30(23)24/h4-5,7-12,16H,6,13-15H2,1-3H3. The summed E-state index contributed by atoms with van der Waals surface area (Å²) in [7, 11) is 3.34. The fourth-order valence-electron chi connectivity index (χ4n) is 3.80. The normalized spacial score (nSPS) is 12.4. The number of aryl methyl sites for hydroxylation is 1. The molecule has 0 fully saturated rings. The summed E-state index contributed by atoms with van der Waals surface area (Å²) in [5.41, 5.74) is 1.41. The molecule has 2 aromatic carbocycles. The van der Waals surface area contributed by atoms with E-state index in [9.17, 15) is 14.0 Å². The lowest BCUT2D eigenvalue weighted by molar-refractivity contribution is -0.128. The number of fused-ring (bicyclic) bond motifs is 3. The molecule has 178 valence electrons. The minimum Gasteiger partial charge on any atom is -0.385 e. The highest BCUT2D eigenvalue weighted by Gasteiger charge is 2.21. The fraction of sp³-hybridized carbons (Fsp3) is 0.333. The van der Waals surface area contributed by atoms with E-state index >= 15 is 0 Å². The number of halogens is 1. The van der Waals surface area contributed by atoms with Gasteiger partial charge in [-0.1, -0.05) is 36.0 Å². The number of hydrogen-bond donors (Lipinski definition) is 0. The second kappa shape index (κ2) is 10.4. The van der Waals surface area contributed by atoms with E-state index in [2.05, 4.69) is 10.2 Å². The molecule has 2 heterocycles. The topological polar surface area (TPSA) is 81.7 Å². The van der Waals surface area contributed by atoms with E-state index in [0.717, 1.165) is 5.56 Å².